The van der Waals surface area contributed by atoms with E-state index in [1.54, 1.807) is 24.1 Å². The Labute approximate surface area is 179 Å². The zero-order valence-electron chi connectivity index (χ0n) is 18.3. The first-order valence-electron chi connectivity index (χ1n) is 10.4. The minimum absolute atomic E-state index is 0.00227. The van der Waals surface area contributed by atoms with Crippen molar-refractivity contribution in [1.29, 1.82) is 0 Å². The lowest BCUT2D eigenvalue weighted by molar-refractivity contribution is -0.142. The van der Waals surface area contributed by atoms with Gasteiger partial charge in [-0.15, -0.1) is 0 Å². The van der Waals surface area contributed by atoms with Crippen molar-refractivity contribution in [3.05, 3.63) is 60.2 Å². The van der Waals surface area contributed by atoms with Crippen LogP contribution in [0.15, 0.2) is 54.6 Å². The number of nitrogens with zero attached hydrogens (tertiary/aromatic N) is 1. The summed E-state index contributed by atoms with van der Waals surface area (Å²) in [6, 6.07) is 16.6. The smallest absolute Gasteiger partial charge is 0.261 e. The standard InChI is InChI=1S/C24H32N2O4/c1-5-20(24(28)25-18(2)3)26(16-15-19-11-7-6-8-12-19)23(27)17-30-22-14-10-9-13-21(22)29-4/h6-14,18,20H,5,15-17H2,1-4H3,(H,25,28)/t20-/m1/s1. The molecule has 0 unspecified atom stereocenters. The molecule has 0 radical (unpaired) electrons. The predicted octanol–water partition coefficient (Wildman–Crippen LogP) is 3.45. The molecule has 1 N–H and O–H groups in total. The lowest BCUT2D eigenvalue weighted by atomic mass is 10.1. The van der Waals surface area contributed by atoms with Gasteiger partial charge >= 0.3 is 0 Å². The molecule has 0 fully saturated rings. The molecule has 0 saturated heterocycles. The predicted molar refractivity (Wildman–Crippen MR) is 118 cm³/mol. The lowest BCUT2D eigenvalue weighted by Gasteiger charge is -2.31. The Balaban J connectivity index is 2.15. The van der Waals surface area contributed by atoms with E-state index in [9.17, 15) is 9.59 Å². The van der Waals surface area contributed by atoms with E-state index in [0.717, 1.165) is 5.56 Å². The number of rotatable bonds is 11. The Morgan fingerprint density at radius 3 is 2.23 bits per heavy atom. The van der Waals surface area contributed by atoms with E-state index in [-0.39, 0.29) is 24.5 Å². The molecule has 6 nitrogen and oxygen atoms in total. The number of ether oxygens (including phenoxy) is 2. The first-order chi connectivity index (χ1) is 14.5. The summed E-state index contributed by atoms with van der Waals surface area (Å²) in [5, 5.41) is 2.93. The number of carbonyl (C=O) groups excluding carboxylic acids is 2. The molecule has 162 valence electrons. The maximum atomic E-state index is 13.1. The summed E-state index contributed by atoms with van der Waals surface area (Å²) in [4.78, 5) is 27.5. The quantitative estimate of drug-likeness (QED) is 0.614. The maximum Gasteiger partial charge on any atom is 0.261 e. The molecule has 0 saturated carbocycles. The van der Waals surface area contributed by atoms with Gasteiger partial charge in [-0.1, -0.05) is 49.4 Å². The van der Waals surface area contributed by atoms with E-state index < -0.39 is 6.04 Å². The van der Waals surface area contributed by atoms with Crippen LogP contribution in [0.2, 0.25) is 0 Å². The van der Waals surface area contributed by atoms with E-state index in [2.05, 4.69) is 5.32 Å². The molecule has 0 bridgehead atoms. The van der Waals surface area contributed by atoms with Crippen LogP contribution in [0, 0.1) is 0 Å². The Bertz CT molecular complexity index is 808. The van der Waals surface area contributed by atoms with Crippen LogP contribution in [-0.4, -0.2) is 49.1 Å². The van der Waals surface area contributed by atoms with E-state index in [0.29, 0.717) is 30.9 Å². The maximum absolute atomic E-state index is 13.1. The zero-order valence-corrected chi connectivity index (χ0v) is 18.3. The number of carbonyl (C=O) groups is 2. The summed E-state index contributed by atoms with van der Waals surface area (Å²) in [6.07, 6.45) is 1.18. The minimum atomic E-state index is -0.551. The number of hydrogen-bond donors (Lipinski definition) is 1. The minimum Gasteiger partial charge on any atom is -0.493 e. The molecule has 2 rings (SSSR count). The summed E-state index contributed by atoms with van der Waals surface area (Å²) in [5.41, 5.74) is 1.11. The first kappa shape index (κ1) is 23.3. The van der Waals surface area contributed by atoms with Gasteiger partial charge in [0.2, 0.25) is 5.91 Å². The van der Waals surface area contributed by atoms with E-state index in [1.165, 1.54) is 0 Å². The van der Waals surface area contributed by atoms with Crippen LogP contribution in [0.3, 0.4) is 0 Å². The number of hydrogen-bond acceptors (Lipinski definition) is 4. The van der Waals surface area contributed by atoms with Crippen molar-refractivity contribution in [3.63, 3.8) is 0 Å². The molecule has 0 aliphatic carbocycles. The highest BCUT2D eigenvalue weighted by atomic mass is 16.5. The highest BCUT2D eigenvalue weighted by molar-refractivity contribution is 5.88. The van der Waals surface area contributed by atoms with Gasteiger partial charge in [-0.3, -0.25) is 9.59 Å². The fourth-order valence-electron chi connectivity index (χ4n) is 3.24. The van der Waals surface area contributed by atoms with Gasteiger partial charge in [-0.25, -0.2) is 0 Å². The number of para-hydroxylation sites is 2. The molecule has 0 aliphatic rings. The van der Waals surface area contributed by atoms with Crippen LogP contribution in [0.5, 0.6) is 11.5 Å². The largest absolute Gasteiger partial charge is 0.493 e. The third-order valence-electron chi connectivity index (χ3n) is 4.72. The lowest BCUT2D eigenvalue weighted by Crippen LogP contribution is -2.52. The summed E-state index contributed by atoms with van der Waals surface area (Å²) >= 11 is 0. The average molecular weight is 413 g/mol. The van der Waals surface area contributed by atoms with Crippen molar-refractivity contribution >= 4 is 11.8 Å². The Kier molecular flexibility index (Phi) is 9.19. The van der Waals surface area contributed by atoms with E-state index in [4.69, 9.17) is 9.47 Å². The van der Waals surface area contributed by atoms with Crippen LogP contribution in [0.4, 0.5) is 0 Å². The number of nitrogens with one attached hydrogen (secondary N) is 1. The van der Waals surface area contributed by atoms with Crippen LogP contribution < -0.4 is 14.8 Å². The fourth-order valence-corrected chi connectivity index (χ4v) is 3.24. The molecular weight excluding hydrogens is 380 g/mol. The molecule has 2 aromatic rings. The second kappa shape index (κ2) is 11.9. The summed E-state index contributed by atoms with van der Waals surface area (Å²) in [7, 11) is 1.56. The second-order valence-electron chi connectivity index (χ2n) is 7.35. The van der Waals surface area contributed by atoms with Crippen molar-refractivity contribution in [2.45, 2.75) is 45.7 Å². The molecule has 2 amide bonds. The topological polar surface area (TPSA) is 67.9 Å². The summed E-state index contributed by atoms with van der Waals surface area (Å²) in [6.45, 7) is 5.99. The number of amides is 2. The third kappa shape index (κ3) is 6.79. The van der Waals surface area contributed by atoms with Crippen LogP contribution in [0.25, 0.3) is 0 Å². The van der Waals surface area contributed by atoms with Crippen molar-refractivity contribution < 1.29 is 19.1 Å². The van der Waals surface area contributed by atoms with E-state index in [1.807, 2.05) is 63.2 Å². The van der Waals surface area contributed by atoms with Crippen molar-refractivity contribution in [2.75, 3.05) is 20.3 Å². The van der Waals surface area contributed by atoms with Gasteiger partial charge < -0.3 is 19.7 Å². The molecule has 1 atom stereocenters. The van der Waals surface area contributed by atoms with Gasteiger partial charge in [0, 0.05) is 12.6 Å². The monoisotopic (exact) mass is 412 g/mol. The summed E-state index contributed by atoms with van der Waals surface area (Å²) in [5.74, 6) is 0.676. The molecule has 0 spiro atoms. The molecule has 6 heteroatoms. The SMILES string of the molecule is CC[C@H](C(=O)NC(C)C)N(CCc1ccccc1)C(=O)COc1ccccc1OC. The Morgan fingerprint density at radius 2 is 1.63 bits per heavy atom. The zero-order chi connectivity index (χ0) is 21.9. The number of methoxy groups -OCH3 is 1. The Morgan fingerprint density at radius 1 is 1.00 bits per heavy atom. The fraction of sp³-hybridized carbons (Fsp3) is 0.417. The van der Waals surface area contributed by atoms with Crippen molar-refractivity contribution in [2.24, 2.45) is 0 Å². The highest BCUT2D eigenvalue weighted by Gasteiger charge is 2.29. The van der Waals surface area contributed by atoms with Gasteiger partial charge in [0.1, 0.15) is 6.04 Å². The normalized spacial score (nSPS) is 11.6. The first-order valence-corrected chi connectivity index (χ1v) is 10.4. The average Bonchev–Trinajstić information content (AvgIpc) is 2.75. The summed E-state index contributed by atoms with van der Waals surface area (Å²) < 4.78 is 11.0. The van der Waals surface area contributed by atoms with Crippen LogP contribution >= 0.6 is 0 Å². The molecule has 0 heterocycles. The highest BCUT2D eigenvalue weighted by Crippen LogP contribution is 2.25. The van der Waals surface area contributed by atoms with Crippen LogP contribution in [-0.2, 0) is 16.0 Å². The molecule has 30 heavy (non-hydrogen) atoms. The molecule has 0 aliphatic heterocycles. The van der Waals surface area contributed by atoms with Crippen molar-refractivity contribution in [3.8, 4) is 11.5 Å². The molecular formula is C24H32N2O4. The Hall–Kier alpha value is -3.02. The second-order valence-corrected chi connectivity index (χ2v) is 7.35. The van der Waals surface area contributed by atoms with Crippen molar-refractivity contribution in [1.82, 2.24) is 10.2 Å². The van der Waals surface area contributed by atoms with Gasteiger partial charge in [0.15, 0.2) is 18.1 Å². The number of benzene rings is 2. The van der Waals surface area contributed by atoms with Gasteiger partial charge in [0.05, 0.1) is 7.11 Å². The van der Waals surface area contributed by atoms with Gasteiger partial charge in [-0.05, 0) is 44.4 Å². The van der Waals surface area contributed by atoms with E-state index >= 15 is 0 Å². The third-order valence-corrected chi connectivity index (χ3v) is 4.72. The molecule has 0 aromatic heterocycles. The van der Waals surface area contributed by atoms with Gasteiger partial charge in [0.25, 0.3) is 5.91 Å². The van der Waals surface area contributed by atoms with Crippen LogP contribution in [0.1, 0.15) is 32.8 Å². The van der Waals surface area contributed by atoms with Gasteiger partial charge in [-0.2, -0.15) is 0 Å². The molecule has 2 aromatic carbocycles.